The van der Waals surface area contributed by atoms with Crippen molar-refractivity contribution in [3.63, 3.8) is 0 Å². The van der Waals surface area contributed by atoms with Crippen LogP contribution in [0, 0.1) is 6.92 Å². The summed E-state index contributed by atoms with van der Waals surface area (Å²) in [5, 5.41) is 4.99. The number of rotatable bonds is 3. The second-order valence-electron chi connectivity index (χ2n) is 6.41. The minimum absolute atomic E-state index is 0.0836. The van der Waals surface area contributed by atoms with Gasteiger partial charge in [-0.15, -0.1) is 0 Å². The smallest absolute Gasteiger partial charge is 0.253 e. The summed E-state index contributed by atoms with van der Waals surface area (Å²) in [6.07, 6.45) is 3.64. The maximum absolute atomic E-state index is 12.7. The predicted octanol–water partition coefficient (Wildman–Crippen LogP) is 4.07. The first-order valence-corrected chi connectivity index (χ1v) is 8.65. The van der Waals surface area contributed by atoms with Crippen molar-refractivity contribution in [3.05, 3.63) is 82.6 Å². The summed E-state index contributed by atoms with van der Waals surface area (Å²) in [6.45, 7) is 3.50. The molecule has 0 aliphatic carbocycles. The number of amides is 1. The molecule has 0 radical (unpaired) electrons. The molecule has 3 aromatic rings. The third kappa shape index (κ3) is 3.05. The SMILES string of the molecule is Cc1cc(C(=O)N2CC(c3ccc(Cl)cc3)C2)ccc1-n1cccn1. The Hall–Kier alpha value is -2.59. The van der Waals surface area contributed by atoms with Crippen LogP contribution in [0.3, 0.4) is 0 Å². The van der Waals surface area contributed by atoms with Crippen LogP contribution < -0.4 is 0 Å². The quantitative estimate of drug-likeness (QED) is 0.713. The lowest BCUT2D eigenvalue weighted by molar-refractivity contribution is 0.0602. The number of hydrogen-bond acceptors (Lipinski definition) is 2. The van der Waals surface area contributed by atoms with Crippen LogP contribution in [0.2, 0.25) is 5.02 Å². The van der Waals surface area contributed by atoms with E-state index in [0.717, 1.165) is 34.9 Å². The summed E-state index contributed by atoms with van der Waals surface area (Å²) in [4.78, 5) is 14.6. The number of aromatic nitrogens is 2. The van der Waals surface area contributed by atoms with Crippen LogP contribution in [0.5, 0.6) is 0 Å². The molecule has 1 saturated heterocycles. The fourth-order valence-corrected chi connectivity index (χ4v) is 3.36. The normalized spacial score (nSPS) is 14.4. The van der Waals surface area contributed by atoms with Gasteiger partial charge in [0, 0.05) is 42.0 Å². The molecule has 0 bridgehead atoms. The van der Waals surface area contributed by atoms with E-state index in [1.165, 1.54) is 5.56 Å². The van der Waals surface area contributed by atoms with Crippen LogP contribution >= 0.6 is 11.6 Å². The molecular weight excluding hydrogens is 334 g/mol. The Kier molecular flexibility index (Phi) is 4.06. The molecule has 2 heterocycles. The van der Waals surface area contributed by atoms with Gasteiger partial charge in [0.1, 0.15) is 0 Å². The van der Waals surface area contributed by atoms with Gasteiger partial charge in [-0.25, -0.2) is 4.68 Å². The van der Waals surface area contributed by atoms with Gasteiger partial charge in [0.25, 0.3) is 5.91 Å². The second kappa shape index (κ2) is 6.37. The van der Waals surface area contributed by atoms with E-state index in [-0.39, 0.29) is 5.91 Å². The molecule has 4 nitrogen and oxygen atoms in total. The van der Waals surface area contributed by atoms with Gasteiger partial charge in [0.2, 0.25) is 0 Å². The van der Waals surface area contributed by atoms with E-state index >= 15 is 0 Å². The summed E-state index contributed by atoms with van der Waals surface area (Å²) in [5.41, 5.74) is 3.98. The highest BCUT2D eigenvalue weighted by Gasteiger charge is 2.32. The van der Waals surface area contributed by atoms with Gasteiger partial charge in [-0.1, -0.05) is 23.7 Å². The van der Waals surface area contributed by atoms with Gasteiger partial charge in [0.05, 0.1) is 5.69 Å². The van der Waals surface area contributed by atoms with Gasteiger partial charge < -0.3 is 4.90 Å². The van der Waals surface area contributed by atoms with Crippen molar-refractivity contribution < 1.29 is 4.79 Å². The third-order valence-corrected chi connectivity index (χ3v) is 4.96. The molecule has 0 N–H and O–H groups in total. The van der Waals surface area contributed by atoms with Gasteiger partial charge in [-0.3, -0.25) is 4.79 Å². The third-order valence-electron chi connectivity index (χ3n) is 4.71. The molecule has 0 spiro atoms. The number of halogens is 1. The topological polar surface area (TPSA) is 38.1 Å². The molecule has 1 aromatic heterocycles. The van der Waals surface area contributed by atoms with Crippen LogP contribution in [0.4, 0.5) is 0 Å². The predicted molar refractivity (Wildman–Crippen MR) is 98.4 cm³/mol. The molecule has 2 aromatic carbocycles. The van der Waals surface area contributed by atoms with Crippen molar-refractivity contribution >= 4 is 17.5 Å². The average molecular weight is 352 g/mol. The summed E-state index contributed by atoms with van der Waals surface area (Å²) in [5.74, 6) is 0.478. The van der Waals surface area contributed by atoms with E-state index in [0.29, 0.717) is 5.92 Å². The van der Waals surface area contributed by atoms with Crippen molar-refractivity contribution in [2.45, 2.75) is 12.8 Å². The number of likely N-dealkylation sites (tertiary alicyclic amines) is 1. The molecule has 25 heavy (non-hydrogen) atoms. The van der Waals surface area contributed by atoms with Crippen molar-refractivity contribution in [2.24, 2.45) is 0 Å². The van der Waals surface area contributed by atoms with Crippen LogP contribution in [0.15, 0.2) is 60.9 Å². The van der Waals surface area contributed by atoms with Crippen LogP contribution in [0.1, 0.15) is 27.4 Å². The van der Waals surface area contributed by atoms with E-state index in [9.17, 15) is 4.79 Å². The minimum Gasteiger partial charge on any atom is -0.337 e. The monoisotopic (exact) mass is 351 g/mol. The van der Waals surface area contributed by atoms with Crippen molar-refractivity contribution in [3.8, 4) is 5.69 Å². The number of nitrogens with zero attached hydrogens (tertiary/aromatic N) is 3. The van der Waals surface area contributed by atoms with E-state index in [1.54, 1.807) is 6.20 Å². The molecule has 0 atom stereocenters. The summed E-state index contributed by atoms with van der Waals surface area (Å²) in [7, 11) is 0. The molecule has 1 amide bonds. The van der Waals surface area contributed by atoms with E-state index in [2.05, 4.69) is 5.10 Å². The first kappa shape index (κ1) is 15.9. The molecule has 126 valence electrons. The highest BCUT2D eigenvalue weighted by Crippen LogP contribution is 2.29. The van der Waals surface area contributed by atoms with Crippen LogP contribution in [-0.2, 0) is 0 Å². The number of hydrogen-bond donors (Lipinski definition) is 0. The van der Waals surface area contributed by atoms with Crippen molar-refractivity contribution in [2.75, 3.05) is 13.1 Å². The lowest BCUT2D eigenvalue weighted by atomic mass is 9.91. The minimum atomic E-state index is 0.0836. The number of benzene rings is 2. The van der Waals surface area contributed by atoms with Gasteiger partial charge in [0.15, 0.2) is 0 Å². The molecule has 1 aliphatic rings. The van der Waals surface area contributed by atoms with E-state index < -0.39 is 0 Å². The highest BCUT2D eigenvalue weighted by atomic mass is 35.5. The Morgan fingerprint density at radius 1 is 1.16 bits per heavy atom. The molecular formula is C20H18ClN3O. The van der Waals surface area contributed by atoms with Crippen molar-refractivity contribution in [1.29, 1.82) is 0 Å². The fourth-order valence-electron chi connectivity index (χ4n) is 3.23. The van der Waals surface area contributed by atoms with E-state index in [1.807, 2.05) is 71.2 Å². The molecule has 1 fully saturated rings. The standard InChI is InChI=1S/C20H18ClN3O/c1-14-11-16(5-8-19(14)24-10-2-9-22-24)20(25)23-12-17(13-23)15-3-6-18(21)7-4-15/h2-11,17H,12-13H2,1H3. The Balaban J connectivity index is 1.45. The number of carbonyl (C=O) groups is 1. The largest absolute Gasteiger partial charge is 0.337 e. The second-order valence-corrected chi connectivity index (χ2v) is 6.85. The number of carbonyl (C=O) groups excluding carboxylic acids is 1. The molecule has 1 aliphatic heterocycles. The Morgan fingerprint density at radius 3 is 2.56 bits per heavy atom. The zero-order valence-electron chi connectivity index (χ0n) is 13.9. The molecule has 5 heteroatoms. The van der Waals surface area contributed by atoms with Gasteiger partial charge >= 0.3 is 0 Å². The lowest BCUT2D eigenvalue weighted by Gasteiger charge is -2.39. The summed E-state index contributed by atoms with van der Waals surface area (Å²) in [6, 6.07) is 15.5. The van der Waals surface area contributed by atoms with E-state index in [4.69, 9.17) is 11.6 Å². The van der Waals surface area contributed by atoms with Crippen LogP contribution in [-0.4, -0.2) is 33.7 Å². The van der Waals surface area contributed by atoms with Gasteiger partial charge in [-0.2, -0.15) is 5.10 Å². The highest BCUT2D eigenvalue weighted by molar-refractivity contribution is 6.30. The summed E-state index contributed by atoms with van der Waals surface area (Å²) < 4.78 is 1.81. The fraction of sp³-hybridized carbons (Fsp3) is 0.200. The molecule has 0 unspecified atom stereocenters. The number of aryl methyl sites for hydroxylation is 1. The van der Waals surface area contributed by atoms with Gasteiger partial charge in [-0.05, 0) is 54.4 Å². The zero-order valence-corrected chi connectivity index (χ0v) is 14.6. The first-order valence-electron chi connectivity index (χ1n) is 8.27. The molecule has 4 rings (SSSR count). The Morgan fingerprint density at radius 2 is 1.92 bits per heavy atom. The first-order chi connectivity index (χ1) is 12.1. The van der Waals surface area contributed by atoms with Crippen LogP contribution in [0.25, 0.3) is 5.69 Å². The zero-order chi connectivity index (χ0) is 17.4. The molecule has 0 saturated carbocycles. The Bertz CT molecular complexity index is 897. The summed E-state index contributed by atoms with van der Waals surface area (Å²) >= 11 is 5.93. The Labute approximate surface area is 151 Å². The average Bonchev–Trinajstić information content (AvgIpc) is 3.09. The maximum Gasteiger partial charge on any atom is 0.253 e. The lowest BCUT2D eigenvalue weighted by Crippen LogP contribution is -2.48. The maximum atomic E-state index is 12.7. The van der Waals surface area contributed by atoms with Crippen molar-refractivity contribution in [1.82, 2.24) is 14.7 Å².